The lowest BCUT2D eigenvalue weighted by Crippen LogP contribution is -2.21. The van der Waals surface area contributed by atoms with E-state index in [9.17, 15) is 9.18 Å². The molecule has 0 aliphatic heterocycles. The Kier molecular flexibility index (Phi) is 3.43. The molecule has 1 unspecified atom stereocenters. The van der Waals surface area contributed by atoms with Crippen LogP contribution in [0.4, 0.5) is 4.39 Å². The summed E-state index contributed by atoms with van der Waals surface area (Å²) < 4.78 is 12.9. The molecule has 3 nitrogen and oxygen atoms in total. The molecule has 5 heteroatoms. The third-order valence-electron chi connectivity index (χ3n) is 1.82. The highest BCUT2D eigenvalue weighted by atomic mass is 35.5. The topological polar surface area (TPSA) is 63.3 Å². The van der Waals surface area contributed by atoms with Crippen LogP contribution in [0.1, 0.15) is 11.5 Å². The van der Waals surface area contributed by atoms with Crippen molar-refractivity contribution in [3.63, 3.8) is 0 Å². The van der Waals surface area contributed by atoms with Gasteiger partial charge in [0.15, 0.2) is 0 Å². The Labute approximate surface area is 85.3 Å². The Bertz CT molecular complexity index is 336. The quantitative estimate of drug-likeness (QED) is 0.809. The molecule has 1 aromatic rings. The molecule has 0 saturated carbocycles. The summed E-state index contributed by atoms with van der Waals surface area (Å²) in [5.74, 6) is -2.57. The molecule has 1 atom stereocenters. The first-order chi connectivity index (χ1) is 6.54. The predicted molar refractivity (Wildman–Crippen MR) is 50.8 cm³/mol. The lowest BCUT2D eigenvalue weighted by atomic mass is 9.99. The smallest absolute Gasteiger partial charge is 0.312 e. The molecule has 1 aromatic carbocycles. The highest BCUT2D eigenvalue weighted by Crippen LogP contribution is 2.21. The molecule has 0 spiro atoms. The zero-order valence-electron chi connectivity index (χ0n) is 7.21. The van der Waals surface area contributed by atoms with Gasteiger partial charge in [0.1, 0.15) is 5.82 Å². The highest BCUT2D eigenvalue weighted by Gasteiger charge is 2.18. The normalized spacial score (nSPS) is 12.5. The van der Waals surface area contributed by atoms with Gasteiger partial charge in [-0.25, -0.2) is 4.39 Å². The summed E-state index contributed by atoms with van der Waals surface area (Å²) in [5, 5.41) is 8.93. The van der Waals surface area contributed by atoms with Gasteiger partial charge in [-0.15, -0.1) is 0 Å². The SMILES string of the molecule is NCC(C(=O)O)c1cc(F)cc(Cl)c1. The minimum absolute atomic E-state index is 0.0882. The summed E-state index contributed by atoms with van der Waals surface area (Å²) in [7, 11) is 0. The van der Waals surface area contributed by atoms with Crippen molar-refractivity contribution in [3.8, 4) is 0 Å². The van der Waals surface area contributed by atoms with E-state index in [1.807, 2.05) is 0 Å². The van der Waals surface area contributed by atoms with E-state index >= 15 is 0 Å². The number of nitrogens with two attached hydrogens (primary N) is 1. The summed E-state index contributed by atoms with van der Waals surface area (Å²) in [6, 6.07) is 3.63. The van der Waals surface area contributed by atoms with E-state index in [4.69, 9.17) is 22.4 Å². The summed E-state index contributed by atoms with van der Waals surface area (Å²) in [6.45, 7) is -0.0882. The lowest BCUT2D eigenvalue weighted by Gasteiger charge is -2.10. The highest BCUT2D eigenvalue weighted by molar-refractivity contribution is 6.30. The molecule has 3 N–H and O–H groups in total. The fourth-order valence-electron chi connectivity index (χ4n) is 1.16. The average molecular weight is 218 g/mol. The van der Waals surface area contributed by atoms with E-state index in [1.165, 1.54) is 6.07 Å². The molecule has 0 heterocycles. The van der Waals surface area contributed by atoms with Crippen LogP contribution in [-0.2, 0) is 4.79 Å². The fraction of sp³-hybridized carbons (Fsp3) is 0.222. The van der Waals surface area contributed by atoms with Gasteiger partial charge in [0, 0.05) is 11.6 Å². The first kappa shape index (κ1) is 10.9. The molecular formula is C9H9ClFNO2. The molecule has 1 rings (SSSR count). The van der Waals surface area contributed by atoms with Gasteiger partial charge in [-0.05, 0) is 23.8 Å². The number of rotatable bonds is 3. The van der Waals surface area contributed by atoms with Crippen LogP contribution in [0.15, 0.2) is 18.2 Å². The zero-order valence-corrected chi connectivity index (χ0v) is 7.96. The predicted octanol–water partition coefficient (Wildman–Crippen LogP) is 1.61. The second-order valence-electron chi connectivity index (χ2n) is 2.83. The van der Waals surface area contributed by atoms with Gasteiger partial charge in [0.2, 0.25) is 0 Å². The van der Waals surface area contributed by atoms with E-state index in [1.54, 1.807) is 0 Å². The monoisotopic (exact) mass is 217 g/mol. The Balaban J connectivity index is 3.10. The number of carboxylic acids is 1. The van der Waals surface area contributed by atoms with Crippen molar-refractivity contribution in [2.24, 2.45) is 5.73 Å². The van der Waals surface area contributed by atoms with Crippen LogP contribution in [0.5, 0.6) is 0 Å². The van der Waals surface area contributed by atoms with Crippen LogP contribution in [0.25, 0.3) is 0 Å². The maximum atomic E-state index is 12.9. The molecule has 0 aliphatic carbocycles. The Morgan fingerprint density at radius 3 is 2.64 bits per heavy atom. The Morgan fingerprint density at radius 2 is 2.21 bits per heavy atom. The minimum Gasteiger partial charge on any atom is -0.481 e. The third-order valence-corrected chi connectivity index (χ3v) is 2.04. The average Bonchev–Trinajstić information content (AvgIpc) is 2.02. The van der Waals surface area contributed by atoms with E-state index in [2.05, 4.69) is 0 Å². The van der Waals surface area contributed by atoms with Crippen molar-refractivity contribution in [2.45, 2.75) is 5.92 Å². The van der Waals surface area contributed by atoms with Crippen LogP contribution in [0.3, 0.4) is 0 Å². The Hall–Kier alpha value is -1.13. The van der Waals surface area contributed by atoms with Crippen molar-refractivity contribution in [1.29, 1.82) is 0 Å². The fourth-order valence-corrected chi connectivity index (χ4v) is 1.39. The van der Waals surface area contributed by atoms with Gasteiger partial charge in [-0.1, -0.05) is 11.6 Å². The standard InChI is InChI=1S/C9H9ClFNO2/c10-6-1-5(2-7(11)3-6)8(4-12)9(13)14/h1-3,8H,4,12H2,(H,13,14). The zero-order chi connectivity index (χ0) is 10.7. The molecule has 0 aromatic heterocycles. The minimum atomic E-state index is -1.09. The largest absolute Gasteiger partial charge is 0.481 e. The van der Waals surface area contributed by atoms with Crippen LogP contribution in [0.2, 0.25) is 5.02 Å². The van der Waals surface area contributed by atoms with Crippen molar-refractivity contribution in [3.05, 3.63) is 34.6 Å². The van der Waals surface area contributed by atoms with E-state index in [0.717, 1.165) is 12.1 Å². The third kappa shape index (κ3) is 2.43. The summed E-state index contributed by atoms with van der Waals surface area (Å²) >= 11 is 5.58. The van der Waals surface area contributed by atoms with E-state index in [0.29, 0.717) is 0 Å². The van der Waals surface area contributed by atoms with Crippen LogP contribution < -0.4 is 5.73 Å². The number of aliphatic carboxylic acids is 1. The summed E-state index contributed by atoms with van der Waals surface area (Å²) in [4.78, 5) is 10.7. The van der Waals surface area contributed by atoms with Crippen molar-refractivity contribution in [1.82, 2.24) is 0 Å². The number of hydrogen-bond acceptors (Lipinski definition) is 2. The summed E-state index contributed by atoms with van der Waals surface area (Å²) in [6.07, 6.45) is 0. The number of halogens is 2. The molecule has 0 bridgehead atoms. The van der Waals surface area contributed by atoms with Gasteiger partial charge in [0.05, 0.1) is 5.92 Å². The number of carboxylic acid groups (broad SMARTS) is 1. The van der Waals surface area contributed by atoms with Crippen molar-refractivity contribution in [2.75, 3.05) is 6.54 Å². The molecule has 76 valence electrons. The maximum Gasteiger partial charge on any atom is 0.312 e. The molecule has 0 radical (unpaired) electrons. The molecule has 14 heavy (non-hydrogen) atoms. The van der Waals surface area contributed by atoms with Gasteiger partial charge < -0.3 is 10.8 Å². The maximum absolute atomic E-state index is 12.9. The van der Waals surface area contributed by atoms with Crippen molar-refractivity contribution >= 4 is 17.6 Å². The van der Waals surface area contributed by atoms with E-state index < -0.39 is 17.7 Å². The molecule has 0 saturated heterocycles. The van der Waals surface area contributed by atoms with E-state index in [-0.39, 0.29) is 17.1 Å². The second kappa shape index (κ2) is 4.39. The number of hydrogen-bond donors (Lipinski definition) is 2. The molecular weight excluding hydrogens is 209 g/mol. The van der Waals surface area contributed by atoms with Gasteiger partial charge in [-0.3, -0.25) is 4.79 Å². The Morgan fingerprint density at radius 1 is 1.57 bits per heavy atom. The first-order valence-electron chi connectivity index (χ1n) is 3.93. The van der Waals surface area contributed by atoms with Crippen LogP contribution in [0, 0.1) is 5.82 Å². The van der Waals surface area contributed by atoms with Gasteiger partial charge in [0.25, 0.3) is 0 Å². The molecule has 0 amide bonds. The van der Waals surface area contributed by atoms with Crippen molar-refractivity contribution < 1.29 is 14.3 Å². The first-order valence-corrected chi connectivity index (χ1v) is 4.31. The lowest BCUT2D eigenvalue weighted by molar-refractivity contribution is -0.138. The summed E-state index contributed by atoms with van der Waals surface area (Å²) in [5.41, 5.74) is 5.54. The number of carbonyl (C=O) groups is 1. The molecule has 0 aliphatic rings. The van der Waals surface area contributed by atoms with Gasteiger partial charge in [-0.2, -0.15) is 0 Å². The second-order valence-corrected chi connectivity index (χ2v) is 3.27. The van der Waals surface area contributed by atoms with Crippen LogP contribution >= 0.6 is 11.6 Å². The molecule has 0 fully saturated rings. The van der Waals surface area contributed by atoms with Gasteiger partial charge >= 0.3 is 5.97 Å². The van der Waals surface area contributed by atoms with Crippen LogP contribution in [-0.4, -0.2) is 17.6 Å². The number of benzene rings is 1.